The molecule has 0 saturated heterocycles. The number of benzene rings is 1. The van der Waals surface area contributed by atoms with Gasteiger partial charge in [-0.15, -0.1) is 0 Å². The van der Waals surface area contributed by atoms with Crippen LogP contribution in [0.15, 0.2) is 30.3 Å². The van der Waals surface area contributed by atoms with Crippen LogP contribution in [0, 0.1) is 5.41 Å². The zero-order chi connectivity index (χ0) is 13.6. The summed E-state index contributed by atoms with van der Waals surface area (Å²) in [6, 6.07) is 8.91. The Labute approximate surface area is 108 Å². The van der Waals surface area contributed by atoms with Gasteiger partial charge >= 0.3 is 5.97 Å². The van der Waals surface area contributed by atoms with E-state index in [0.717, 1.165) is 5.56 Å². The molecule has 0 saturated carbocycles. The van der Waals surface area contributed by atoms with Gasteiger partial charge in [-0.25, -0.2) is 4.79 Å². The number of methoxy groups -OCH3 is 1. The van der Waals surface area contributed by atoms with E-state index in [1.165, 1.54) is 7.11 Å². The van der Waals surface area contributed by atoms with E-state index in [2.05, 4.69) is 5.32 Å². The summed E-state index contributed by atoms with van der Waals surface area (Å²) in [5, 5.41) is 12.4. The molecule has 0 aliphatic heterocycles. The van der Waals surface area contributed by atoms with Crippen LogP contribution in [0.2, 0.25) is 0 Å². The van der Waals surface area contributed by atoms with Crippen LogP contribution in [0.1, 0.15) is 25.5 Å². The van der Waals surface area contributed by atoms with Gasteiger partial charge in [0.25, 0.3) is 0 Å². The van der Waals surface area contributed by atoms with E-state index in [9.17, 15) is 9.90 Å². The largest absolute Gasteiger partial charge is 0.468 e. The molecule has 0 fully saturated rings. The van der Waals surface area contributed by atoms with Crippen LogP contribution >= 0.6 is 0 Å². The van der Waals surface area contributed by atoms with Crippen molar-refractivity contribution in [1.82, 2.24) is 5.32 Å². The number of hydrogen-bond donors (Lipinski definition) is 2. The molecule has 0 bridgehead atoms. The Morgan fingerprint density at radius 1 is 1.39 bits per heavy atom. The van der Waals surface area contributed by atoms with Crippen LogP contribution < -0.4 is 5.32 Å². The maximum Gasteiger partial charge on any atom is 0.327 e. The summed E-state index contributed by atoms with van der Waals surface area (Å²) in [6.07, 6.45) is 0. The number of esters is 1. The molecule has 0 aliphatic carbocycles. The number of aliphatic hydroxyl groups is 1. The van der Waals surface area contributed by atoms with Crippen molar-refractivity contribution in [2.45, 2.75) is 19.9 Å². The standard InChI is InChI=1S/C14H21NO3/c1-14(2,10-16)9-15-12(13(17)18-3)11-7-5-4-6-8-11/h4-8,12,15-16H,9-10H2,1-3H3. The molecule has 1 atom stereocenters. The fourth-order valence-electron chi connectivity index (χ4n) is 1.53. The average Bonchev–Trinajstić information content (AvgIpc) is 2.39. The van der Waals surface area contributed by atoms with Gasteiger partial charge in [0.1, 0.15) is 6.04 Å². The Kier molecular flexibility index (Phi) is 5.31. The van der Waals surface area contributed by atoms with Crippen LogP contribution in [0.25, 0.3) is 0 Å². The van der Waals surface area contributed by atoms with Crippen molar-refractivity contribution in [3.05, 3.63) is 35.9 Å². The number of carbonyl (C=O) groups is 1. The molecular weight excluding hydrogens is 230 g/mol. The van der Waals surface area contributed by atoms with Gasteiger partial charge < -0.3 is 15.2 Å². The number of carbonyl (C=O) groups excluding carboxylic acids is 1. The van der Waals surface area contributed by atoms with Crippen LogP contribution in [-0.2, 0) is 9.53 Å². The Morgan fingerprint density at radius 2 is 2.00 bits per heavy atom. The minimum absolute atomic E-state index is 0.0582. The lowest BCUT2D eigenvalue weighted by Crippen LogP contribution is -2.38. The van der Waals surface area contributed by atoms with Gasteiger partial charge in [-0.05, 0) is 5.56 Å². The maximum absolute atomic E-state index is 11.8. The number of ether oxygens (including phenoxy) is 1. The summed E-state index contributed by atoms with van der Waals surface area (Å²) < 4.78 is 4.80. The van der Waals surface area contributed by atoms with Gasteiger partial charge in [-0.2, -0.15) is 0 Å². The molecule has 0 amide bonds. The second kappa shape index (κ2) is 6.52. The first kappa shape index (κ1) is 14.7. The third-order valence-corrected chi connectivity index (χ3v) is 2.78. The number of nitrogens with one attached hydrogen (secondary N) is 1. The second-order valence-corrected chi connectivity index (χ2v) is 5.07. The van der Waals surface area contributed by atoms with Gasteiger partial charge in [0.15, 0.2) is 0 Å². The van der Waals surface area contributed by atoms with Crippen molar-refractivity contribution in [2.24, 2.45) is 5.41 Å². The number of rotatable bonds is 6. The summed E-state index contributed by atoms with van der Waals surface area (Å²) >= 11 is 0. The summed E-state index contributed by atoms with van der Waals surface area (Å²) in [5.41, 5.74) is 0.583. The van der Waals surface area contributed by atoms with E-state index in [0.29, 0.717) is 6.54 Å². The smallest absolute Gasteiger partial charge is 0.327 e. The van der Waals surface area contributed by atoms with Gasteiger partial charge in [0.05, 0.1) is 7.11 Å². The van der Waals surface area contributed by atoms with Crippen molar-refractivity contribution in [3.8, 4) is 0 Å². The van der Waals surface area contributed by atoms with Crippen LogP contribution in [0.5, 0.6) is 0 Å². The monoisotopic (exact) mass is 251 g/mol. The summed E-state index contributed by atoms with van der Waals surface area (Å²) in [4.78, 5) is 11.8. The third-order valence-electron chi connectivity index (χ3n) is 2.78. The van der Waals surface area contributed by atoms with Gasteiger partial charge in [-0.3, -0.25) is 0 Å². The molecular formula is C14H21NO3. The van der Waals surface area contributed by atoms with Crippen molar-refractivity contribution in [1.29, 1.82) is 0 Å². The average molecular weight is 251 g/mol. The van der Waals surface area contributed by atoms with Crippen molar-refractivity contribution >= 4 is 5.97 Å². The van der Waals surface area contributed by atoms with E-state index < -0.39 is 6.04 Å². The van der Waals surface area contributed by atoms with E-state index in [1.807, 2.05) is 44.2 Å². The molecule has 18 heavy (non-hydrogen) atoms. The van der Waals surface area contributed by atoms with E-state index >= 15 is 0 Å². The normalized spacial score (nSPS) is 13.1. The van der Waals surface area contributed by atoms with Gasteiger partial charge in [0, 0.05) is 18.6 Å². The predicted molar refractivity (Wildman–Crippen MR) is 70.1 cm³/mol. The van der Waals surface area contributed by atoms with Crippen molar-refractivity contribution in [3.63, 3.8) is 0 Å². The number of hydrogen-bond acceptors (Lipinski definition) is 4. The molecule has 0 spiro atoms. The summed E-state index contributed by atoms with van der Waals surface area (Å²) in [6.45, 7) is 4.44. The molecule has 0 heterocycles. The minimum Gasteiger partial charge on any atom is -0.468 e. The lowest BCUT2D eigenvalue weighted by atomic mass is 9.94. The highest BCUT2D eigenvalue weighted by atomic mass is 16.5. The molecule has 0 aromatic heterocycles. The van der Waals surface area contributed by atoms with Crippen LogP contribution in [0.3, 0.4) is 0 Å². The van der Waals surface area contributed by atoms with Crippen LogP contribution in [-0.4, -0.2) is 31.3 Å². The molecule has 100 valence electrons. The summed E-state index contributed by atoms with van der Waals surface area (Å²) in [7, 11) is 1.37. The minimum atomic E-state index is -0.498. The Balaban J connectivity index is 2.78. The second-order valence-electron chi connectivity index (χ2n) is 5.07. The lowest BCUT2D eigenvalue weighted by Gasteiger charge is -2.25. The highest BCUT2D eigenvalue weighted by Gasteiger charge is 2.24. The third kappa shape index (κ3) is 4.13. The van der Waals surface area contributed by atoms with Crippen molar-refractivity contribution < 1.29 is 14.6 Å². The highest BCUT2D eigenvalue weighted by Crippen LogP contribution is 2.18. The molecule has 4 heteroatoms. The Hall–Kier alpha value is -1.39. The molecule has 4 nitrogen and oxygen atoms in total. The van der Waals surface area contributed by atoms with Crippen LogP contribution in [0.4, 0.5) is 0 Å². The van der Waals surface area contributed by atoms with E-state index in [-0.39, 0.29) is 18.0 Å². The van der Waals surface area contributed by atoms with E-state index in [4.69, 9.17) is 4.74 Å². The quantitative estimate of drug-likeness (QED) is 0.752. The lowest BCUT2D eigenvalue weighted by molar-refractivity contribution is -0.143. The summed E-state index contributed by atoms with van der Waals surface area (Å²) in [5.74, 6) is -0.324. The fourth-order valence-corrected chi connectivity index (χ4v) is 1.53. The Morgan fingerprint density at radius 3 is 2.50 bits per heavy atom. The topological polar surface area (TPSA) is 58.6 Å². The zero-order valence-electron chi connectivity index (χ0n) is 11.1. The first-order valence-corrected chi connectivity index (χ1v) is 5.97. The van der Waals surface area contributed by atoms with Gasteiger partial charge in [-0.1, -0.05) is 44.2 Å². The highest BCUT2D eigenvalue weighted by molar-refractivity contribution is 5.77. The molecule has 1 aromatic carbocycles. The zero-order valence-corrected chi connectivity index (χ0v) is 11.1. The molecule has 1 rings (SSSR count). The first-order valence-electron chi connectivity index (χ1n) is 5.97. The molecule has 2 N–H and O–H groups in total. The molecule has 0 aliphatic rings. The molecule has 1 aromatic rings. The fraction of sp³-hybridized carbons (Fsp3) is 0.500. The first-order chi connectivity index (χ1) is 8.50. The number of aliphatic hydroxyl groups excluding tert-OH is 1. The SMILES string of the molecule is COC(=O)C(NCC(C)(C)CO)c1ccccc1. The Bertz CT molecular complexity index is 376. The van der Waals surface area contributed by atoms with E-state index in [1.54, 1.807) is 0 Å². The van der Waals surface area contributed by atoms with Gasteiger partial charge in [0.2, 0.25) is 0 Å². The molecule has 1 unspecified atom stereocenters. The predicted octanol–water partition coefficient (Wildman–Crippen LogP) is 1.51. The van der Waals surface area contributed by atoms with Crippen molar-refractivity contribution in [2.75, 3.05) is 20.3 Å². The maximum atomic E-state index is 11.8. The molecule has 0 radical (unpaired) electrons.